The Bertz CT molecular complexity index is 682. The minimum atomic E-state index is -3.71. The maximum atomic E-state index is 12.2. The zero-order chi connectivity index (χ0) is 14.6. The fourth-order valence-corrected chi connectivity index (χ4v) is 2.55. The van der Waals surface area contributed by atoms with Gasteiger partial charge in [-0.1, -0.05) is 6.92 Å². The summed E-state index contributed by atoms with van der Waals surface area (Å²) in [5.74, 6) is 0.678. The van der Waals surface area contributed by atoms with E-state index < -0.39 is 10.0 Å². The first-order valence-electron chi connectivity index (χ1n) is 6.09. The molecule has 9 heteroatoms. The molecule has 108 valence electrons. The number of anilines is 2. The van der Waals surface area contributed by atoms with Gasteiger partial charge in [0.05, 0.1) is 4.90 Å². The molecule has 0 spiro atoms. The van der Waals surface area contributed by atoms with E-state index in [4.69, 9.17) is 0 Å². The van der Waals surface area contributed by atoms with Gasteiger partial charge < -0.3 is 5.32 Å². The Balaban J connectivity index is 2.23. The topological polar surface area (TPSA) is 102 Å². The van der Waals surface area contributed by atoms with Crippen LogP contribution >= 0.6 is 0 Å². The van der Waals surface area contributed by atoms with E-state index in [0.29, 0.717) is 5.82 Å². The molecular weight excluding hydrogens is 280 g/mol. The summed E-state index contributed by atoms with van der Waals surface area (Å²) in [5, 5.41) is 6.85. The lowest BCUT2D eigenvalue weighted by molar-refractivity contribution is 0.600. The molecule has 0 aliphatic heterocycles. The third-order valence-corrected chi connectivity index (χ3v) is 3.86. The lowest BCUT2D eigenvalue weighted by atomic mass is 10.4. The largest absolute Gasteiger partial charge is 0.370 e. The van der Waals surface area contributed by atoms with Crippen molar-refractivity contribution in [2.24, 2.45) is 7.05 Å². The molecule has 2 N–H and O–H groups in total. The predicted molar refractivity (Wildman–Crippen MR) is 74.8 cm³/mol. The first kappa shape index (κ1) is 14.3. The van der Waals surface area contributed by atoms with Gasteiger partial charge in [0.25, 0.3) is 10.0 Å². The van der Waals surface area contributed by atoms with Gasteiger partial charge in [0.2, 0.25) is 5.95 Å². The summed E-state index contributed by atoms with van der Waals surface area (Å²) in [5.41, 5.74) is 0. The Morgan fingerprint density at radius 3 is 2.80 bits per heavy atom. The predicted octanol–water partition coefficient (Wildman–Crippen LogP) is 0.833. The van der Waals surface area contributed by atoms with Crippen LogP contribution in [0.3, 0.4) is 0 Å². The van der Waals surface area contributed by atoms with Gasteiger partial charge in [0.15, 0.2) is 0 Å². The molecule has 0 amide bonds. The molecule has 0 unspecified atom stereocenters. The Labute approximate surface area is 117 Å². The van der Waals surface area contributed by atoms with Crippen molar-refractivity contribution >= 4 is 21.8 Å². The van der Waals surface area contributed by atoms with Crippen molar-refractivity contribution in [1.29, 1.82) is 0 Å². The SMILES string of the molecule is CCCNc1cc(S(=O)(=O)Nc2ncnn2C)ccn1. The van der Waals surface area contributed by atoms with Crippen LogP contribution in [0.5, 0.6) is 0 Å². The maximum absolute atomic E-state index is 12.2. The Morgan fingerprint density at radius 1 is 1.35 bits per heavy atom. The smallest absolute Gasteiger partial charge is 0.264 e. The second kappa shape index (κ2) is 5.87. The number of hydrogen-bond donors (Lipinski definition) is 2. The Hall–Kier alpha value is -2.16. The highest BCUT2D eigenvalue weighted by Crippen LogP contribution is 2.15. The number of aryl methyl sites for hydroxylation is 1. The van der Waals surface area contributed by atoms with Gasteiger partial charge in [0, 0.05) is 25.9 Å². The van der Waals surface area contributed by atoms with E-state index in [2.05, 4.69) is 25.1 Å². The van der Waals surface area contributed by atoms with Crippen LogP contribution in [0.2, 0.25) is 0 Å². The fraction of sp³-hybridized carbons (Fsp3) is 0.364. The van der Waals surface area contributed by atoms with Crippen molar-refractivity contribution < 1.29 is 8.42 Å². The average Bonchev–Trinajstić information content (AvgIpc) is 2.82. The standard InChI is InChI=1S/C11H16N6O2S/c1-3-5-12-10-7-9(4-6-13-10)20(18,19)16-11-14-8-15-17(11)2/h4,6-8H,3,5H2,1-2H3,(H,12,13)(H,14,15,16). The summed E-state index contributed by atoms with van der Waals surface area (Å²) in [4.78, 5) is 8.02. The molecule has 8 nitrogen and oxygen atoms in total. The van der Waals surface area contributed by atoms with Crippen LogP contribution in [0.25, 0.3) is 0 Å². The first-order valence-corrected chi connectivity index (χ1v) is 7.58. The number of pyridine rings is 1. The normalized spacial score (nSPS) is 11.3. The zero-order valence-electron chi connectivity index (χ0n) is 11.2. The van der Waals surface area contributed by atoms with E-state index in [9.17, 15) is 8.42 Å². The van der Waals surface area contributed by atoms with Gasteiger partial charge in [-0.05, 0) is 12.5 Å². The first-order chi connectivity index (χ1) is 9.53. The van der Waals surface area contributed by atoms with E-state index in [1.807, 2.05) is 6.92 Å². The lowest BCUT2D eigenvalue weighted by Gasteiger charge is -2.08. The monoisotopic (exact) mass is 296 g/mol. The molecule has 0 aliphatic carbocycles. The van der Waals surface area contributed by atoms with E-state index >= 15 is 0 Å². The second-order valence-electron chi connectivity index (χ2n) is 4.12. The fourth-order valence-electron chi connectivity index (χ4n) is 1.50. The molecule has 0 atom stereocenters. The van der Waals surface area contributed by atoms with Crippen molar-refractivity contribution in [2.45, 2.75) is 18.2 Å². The van der Waals surface area contributed by atoms with Crippen molar-refractivity contribution in [1.82, 2.24) is 19.7 Å². The van der Waals surface area contributed by atoms with Crippen LogP contribution in [0.1, 0.15) is 13.3 Å². The molecule has 0 fully saturated rings. The van der Waals surface area contributed by atoms with E-state index in [-0.39, 0.29) is 10.8 Å². The lowest BCUT2D eigenvalue weighted by Crippen LogP contribution is -2.16. The molecule has 2 aromatic heterocycles. The Kier molecular flexibility index (Phi) is 4.18. The van der Waals surface area contributed by atoms with Gasteiger partial charge >= 0.3 is 0 Å². The molecule has 2 aromatic rings. The van der Waals surface area contributed by atoms with Crippen molar-refractivity contribution in [3.63, 3.8) is 0 Å². The molecule has 0 aromatic carbocycles. The maximum Gasteiger partial charge on any atom is 0.264 e. The third-order valence-electron chi connectivity index (χ3n) is 2.53. The molecular formula is C11H16N6O2S. The second-order valence-corrected chi connectivity index (χ2v) is 5.80. The third kappa shape index (κ3) is 3.23. The van der Waals surface area contributed by atoms with E-state index in [1.54, 1.807) is 7.05 Å². The van der Waals surface area contributed by atoms with Crippen LogP contribution in [0.15, 0.2) is 29.6 Å². The van der Waals surface area contributed by atoms with Crippen molar-refractivity contribution in [2.75, 3.05) is 16.6 Å². The summed E-state index contributed by atoms with van der Waals surface area (Å²) in [6.45, 7) is 2.75. The number of nitrogens with one attached hydrogen (secondary N) is 2. The number of nitrogens with zero attached hydrogens (tertiary/aromatic N) is 4. The molecule has 0 saturated heterocycles. The number of rotatable bonds is 6. The van der Waals surface area contributed by atoms with Gasteiger partial charge in [-0.25, -0.2) is 22.8 Å². The molecule has 0 aliphatic rings. The minimum Gasteiger partial charge on any atom is -0.370 e. The number of hydrogen-bond acceptors (Lipinski definition) is 6. The van der Waals surface area contributed by atoms with E-state index in [0.717, 1.165) is 13.0 Å². The zero-order valence-corrected chi connectivity index (χ0v) is 12.1. The van der Waals surface area contributed by atoms with Gasteiger partial charge in [-0.3, -0.25) is 0 Å². The van der Waals surface area contributed by atoms with Crippen LogP contribution in [-0.4, -0.2) is 34.7 Å². The molecule has 0 bridgehead atoms. The molecule has 0 saturated carbocycles. The summed E-state index contributed by atoms with van der Waals surface area (Å²) in [6.07, 6.45) is 3.65. The minimum absolute atomic E-state index is 0.120. The Morgan fingerprint density at radius 2 is 2.15 bits per heavy atom. The highest BCUT2D eigenvalue weighted by atomic mass is 32.2. The average molecular weight is 296 g/mol. The van der Waals surface area contributed by atoms with Crippen molar-refractivity contribution in [3.8, 4) is 0 Å². The molecule has 20 heavy (non-hydrogen) atoms. The van der Waals surface area contributed by atoms with Crippen LogP contribution < -0.4 is 10.0 Å². The van der Waals surface area contributed by atoms with E-state index in [1.165, 1.54) is 29.3 Å². The highest BCUT2D eigenvalue weighted by Gasteiger charge is 2.17. The number of sulfonamides is 1. The number of aromatic nitrogens is 4. The molecule has 2 rings (SSSR count). The van der Waals surface area contributed by atoms with Gasteiger partial charge in [-0.2, -0.15) is 10.1 Å². The molecule has 0 radical (unpaired) electrons. The van der Waals surface area contributed by atoms with Gasteiger partial charge in [0.1, 0.15) is 12.1 Å². The summed E-state index contributed by atoms with van der Waals surface area (Å²) >= 11 is 0. The summed E-state index contributed by atoms with van der Waals surface area (Å²) < 4.78 is 28.2. The highest BCUT2D eigenvalue weighted by molar-refractivity contribution is 7.92. The summed E-state index contributed by atoms with van der Waals surface area (Å²) in [6, 6.07) is 2.91. The molecule has 2 heterocycles. The van der Waals surface area contributed by atoms with Gasteiger partial charge in [-0.15, -0.1) is 0 Å². The van der Waals surface area contributed by atoms with Crippen LogP contribution in [0.4, 0.5) is 11.8 Å². The summed E-state index contributed by atoms with van der Waals surface area (Å²) in [7, 11) is -2.10. The van der Waals surface area contributed by atoms with Crippen LogP contribution in [-0.2, 0) is 17.1 Å². The van der Waals surface area contributed by atoms with Crippen LogP contribution in [0, 0.1) is 0 Å². The van der Waals surface area contributed by atoms with Crippen molar-refractivity contribution in [3.05, 3.63) is 24.7 Å². The quantitative estimate of drug-likeness (QED) is 0.818.